The molecule has 1 aromatic carbocycles. The van der Waals surface area contributed by atoms with Gasteiger partial charge in [0.1, 0.15) is 5.69 Å². The largest absolute Gasteiger partial charge is 0.337 e. The molecule has 29 heavy (non-hydrogen) atoms. The summed E-state index contributed by atoms with van der Waals surface area (Å²) in [6.07, 6.45) is 0. The van der Waals surface area contributed by atoms with E-state index in [1.807, 2.05) is 0 Å². The summed E-state index contributed by atoms with van der Waals surface area (Å²) in [5.74, 6) is -0.467. The van der Waals surface area contributed by atoms with E-state index in [0.29, 0.717) is 23.5 Å². The highest BCUT2D eigenvalue weighted by atomic mass is 32.2. The van der Waals surface area contributed by atoms with E-state index in [1.165, 1.54) is 41.1 Å². The molecule has 0 radical (unpaired) electrons. The summed E-state index contributed by atoms with van der Waals surface area (Å²) < 4.78 is 33.5. The number of sulfonamides is 1. The van der Waals surface area contributed by atoms with Crippen LogP contribution < -0.4 is 15.6 Å². The van der Waals surface area contributed by atoms with Gasteiger partial charge in [-0.15, -0.1) is 0 Å². The third-order valence-corrected chi connectivity index (χ3v) is 5.55. The zero-order valence-electron chi connectivity index (χ0n) is 16.0. The molecule has 0 saturated heterocycles. The van der Waals surface area contributed by atoms with E-state index < -0.39 is 15.9 Å². The van der Waals surface area contributed by atoms with E-state index in [-0.39, 0.29) is 22.0 Å². The molecular formula is C18H19N5O5S. The fourth-order valence-corrected chi connectivity index (χ4v) is 3.45. The summed E-state index contributed by atoms with van der Waals surface area (Å²) in [6.45, 7) is 5.47. The Morgan fingerprint density at radius 1 is 1.14 bits per heavy atom. The van der Waals surface area contributed by atoms with Crippen molar-refractivity contribution >= 4 is 27.5 Å². The quantitative estimate of drug-likeness (QED) is 0.625. The Kier molecular flexibility index (Phi) is 5.50. The van der Waals surface area contributed by atoms with Crippen LogP contribution in [0, 0.1) is 13.8 Å². The molecule has 0 unspecified atom stereocenters. The minimum atomic E-state index is -3.88. The molecule has 0 aliphatic rings. The van der Waals surface area contributed by atoms with Crippen molar-refractivity contribution in [1.29, 1.82) is 0 Å². The third-order valence-electron chi connectivity index (χ3n) is 4.21. The Morgan fingerprint density at radius 3 is 2.41 bits per heavy atom. The minimum Gasteiger partial charge on any atom is -0.337 e. The van der Waals surface area contributed by atoms with Gasteiger partial charge in [-0.3, -0.25) is 9.59 Å². The number of rotatable bonds is 6. The Bertz CT molecular complexity index is 1210. The summed E-state index contributed by atoms with van der Waals surface area (Å²) in [5.41, 5.74) is 1.32. The van der Waals surface area contributed by atoms with Gasteiger partial charge in [0, 0.05) is 23.9 Å². The maximum atomic E-state index is 12.5. The third kappa shape index (κ3) is 4.35. The highest BCUT2D eigenvalue weighted by molar-refractivity contribution is 7.92. The predicted octanol–water partition coefficient (Wildman–Crippen LogP) is 1.92. The molecule has 0 bridgehead atoms. The van der Waals surface area contributed by atoms with Gasteiger partial charge in [-0.25, -0.2) is 17.8 Å². The number of anilines is 2. The maximum Gasteiger partial charge on any atom is 0.276 e. The number of nitrogens with zero attached hydrogens (tertiary/aromatic N) is 3. The van der Waals surface area contributed by atoms with Crippen molar-refractivity contribution in [2.45, 2.75) is 32.2 Å². The van der Waals surface area contributed by atoms with Crippen molar-refractivity contribution in [3.8, 4) is 0 Å². The Balaban J connectivity index is 1.75. The molecule has 152 valence electrons. The van der Waals surface area contributed by atoms with Crippen LogP contribution in [0.3, 0.4) is 0 Å². The van der Waals surface area contributed by atoms with Gasteiger partial charge in [0.2, 0.25) is 5.88 Å². The lowest BCUT2D eigenvalue weighted by atomic mass is 10.3. The predicted molar refractivity (Wildman–Crippen MR) is 105 cm³/mol. The van der Waals surface area contributed by atoms with Crippen LogP contribution in [-0.2, 0) is 16.6 Å². The minimum absolute atomic E-state index is 0.0124. The van der Waals surface area contributed by atoms with Crippen LogP contribution in [0.2, 0.25) is 0 Å². The van der Waals surface area contributed by atoms with E-state index in [4.69, 9.17) is 4.52 Å². The zero-order chi connectivity index (χ0) is 21.2. The molecule has 0 atom stereocenters. The van der Waals surface area contributed by atoms with Gasteiger partial charge in [-0.05, 0) is 51.1 Å². The van der Waals surface area contributed by atoms with Crippen molar-refractivity contribution < 1.29 is 17.7 Å². The number of carbonyl (C=O) groups is 1. The fourth-order valence-electron chi connectivity index (χ4n) is 2.40. The Labute approximate surface area is 166 Å². The maximum absolute atomic E-state index is 12.5. The van der Waals surface area contributed by atoms with Crippen LogP contribution in [0.1, 0.15) is 28.7 Å². The zero-order valence-corrected chi connectivity index (χ0v) is 16.8. The molecule has 3 rings (SSSR count). The molecule has 0 spiro atoms. The van der Waals surface area contributed by atoms with Gasteiger partial charge in [0.25, 0.3) is 21.5 Å². The molecular weight excluding hydrogens is 398 g/mol. The van der Waals surface area contributed by atoms with Gasteiger partial charge in [-0.2, -0.15) is 5.10 Å². The first-order valence-corrected chi connectivity index (χ1v) is 10.1. The second-order valence-corrected chi connectivity index (χ2v) is 7.86. The summed E-state index contributed by atoms with van der Waals surface area (Å²) in [4.78, 5) is 23.9. The van der Waals surface area contributed by atoms with E-state index in [0.717, 1.165) is 0 Å². The van der Waals surface area contributed by atoms with E-state index in [1.54, 1.807) is 20.8 Å². The fraction of sp³-hybridized carbons (Fsp3) is 0.222. The average molecular weight is 417 g/mol. The summed E-state index contributed by atoms with van der Waals surface area (Å²) in [7, 11) is -3.88. The Morgan fingerprint density at radius 2 is 1.83 bits per heavy atom. The highest BCUT2D eigenvalue weighted by Gasteiger charge is 2.19. The monoisotopic (exact) mass is 417 g/mol. The normalized spacial score (nSPS) is 11.3. The first-order valence-electron chi connectivity index (χ1n) is 8.66. The van der Waals surface area contributed by atoms with Gasteiger partial charge in [0.05, 0.1) is 10.6 Å². The molecule has 0 saturated carbocycles. The van der Waals surface area contributed by atoms with Crippen LogP contribution in [0.4, 0.5) is 11.6 Å². The molecule has 0 aliphatic carbocycles. The van der Waals surface area contributed by atoms with Crippen molar-refractivity contribution in [2.24, 2.45) is 0 Å². The molecule has 0 aliphatic heterocycles. The number of aromatic nitrogens is 3. The number of nitrogens with one attached hydrogen (secondary N) is 2. The standard InChI is InChI=1S/C18H19N5O5S/c1-4-23-16(24)10-9-15(20-23)17(25)19-13-5-7-14(8-6-13)29(26,27)22-18-11(2)12(3)21-28-18/h5-10,22H,4H2,1-3H3,(H,19,25). The van der Waals surface area contributed by atoms with Crippen LogP contribution in [-0.4, -0.2) is 29.3 Å². The molecule has 1 amide bonds. The Hall–Kier alpha value is -3.47. The SMILES string of the molecule is CCn1nc(C(=O)Nc2ccc(S(=O)(=O)Nc3onc(C)c3C)cc2)ccc1=O. The van der Waals surface area contributed by atoms with Crippen molar-refractivity contribution in [3.63, 3.8) is 0 Å². The molecule has 11 heteroatoms. The lowest BCUT2D eigenvalue weighted by Gasteiger charge is -2.08. The number of benzene rings is 1. The van der Waals surface area contributed by atoms with E-state index in [9.17, 15) is 18.0 Å². The van der Waals surface area contributed by atoms with Crippen molar-refractivity contribution in [1.82, 2.24) is 14.9 Å². The molecule has 10 nitrogen and oxygen atoms in total. The van der Waals surface area contributed by atoms with Crippen LogP contribution in [0.25, 0.3) is 0 Å². The highest BCUT2D eigenvalue weighted by Crippen LogP contribution is 2.22. The van der Waals surface area contributed by atoms with Crippen LogP contribution in [0.5, 0.6) is 0 Å². The molecule has 2 heterocycles. The summed E-state index contributed by atoms with van der Waals surface area (Å²) in [5, 5.41) is 10.3. The lowest BCUT2D eigenvalue weighted by Crippen LogP contribution is -2.25. The average Bonchev–Trinajstić information content (AvgIpc) is 3.00. The molecule has 2 N–H and O–H groups in total. The first-order chi connectivity index (χ1) is 13.7. The van der Waals surface area contributed by atoms with Gasteiger partial charge in [0.15, 0.2) is 0 Å². The van der Waals surface area contributed by atoms with E-state index >= 15 is 0 Å². The summed E-state index contributed by atoms with van der Waals surface area (Å²) in [6, 6.07) is 8.17. The number of amides is 1. The number of aryl methyl sites for hydroxylation is 2. The second kappa shape index (κ2) is 7.87. The van der Waals surface area contributed by atoms with Crippen molar-refractivity contribution in [2.75, 3.05) is 10.0 Å². The van der Waals surface area contributed by atoms with Gasteiger partial charge < -0.3 is 9.84 Å². The van der Waals surface area contributed by atoms with Gasteiger partial charge in [-0.1, -0.05) is 5.16 Å². The van der Waals surface area contributed by atoms with Gasteiger partial charge >= 0.3 is 0 Å². The van der Waals surface area contributed by atoms with E-state index in [2.05, 4.69) is 20.3 Å². The van der Waals surface area contributed by atoms with Crippen molar-refractivity contribution in [3.05, 3.63) is 63.7 Å². The molecule has 3 aromatic rings. The smallest absolute Gasteiger partial charge is 0.276 e. The topological polar surface area (TPSA) is 136 Å². The summed E-state index contributed by atoms with van der Waals surface area (Å²) >= 11 is 0. The molecule has 0 fully saturated rings. The second-order valence-electron chi connectivity index (χ2n) is 6.18. The first kappa shape index (κ1) is 20.3. The lowest BCUT2D eigenvalue weighted by molar-refractivity contribution is 0.102. The van der Waals surface area contributed by atoms with Crippen LogP contribution in [0.15, 0.2) is 50.6 Å². The van der Waals surface area contributed by atoms with Crippen LogP contribution >= 0.6 is 0 Å². The number of hydrogen-bond acceptors (Lipinski definition) is 7. The number of carbonyl (C=O) groups excluding carboxylic acids is 1. The molecule has 2 aromatic heterocycles. The number of hydrogen-bond donors (Lipinski definition) is 2.